The van der Waals surface area contributed by atoms with Crippen LogP contribution in [0.4, 0.5) is 0 Å². The molecule has 0 saturated heterocycles. The van der Waals surface area contributed by atoms with E-state index >= 15 is 0 Å². The van der Waals surface area contributed by atoms with Gasteiger partial charge in [0.25, 0.3) is 0 Å². The number of hydrogen-bond acceptors (Lipinski definition) is 2. The van der Waals surface area contributed by atoms with Crippen LogP contribution in [-0.2, 0) is 0 Å². The summed E-state index contributed by atoms with van der Waals surface area (Å²) in [5.41, 5.74) is 8.86. The Balaban J connectivity index is 1.77. The van der Waals surface area contributed by atoms with Gasteiger partial charge in [-0.1, -0.05) is 60.7 Å². The molecular weight excluding hydrogens is 354 g/mol. The quantitative estimate of drug-likeness (QED) is 0.367. The largest absolute Gasteiger partial charge is 0.277 e. The molecule has 2 aromatic heterocycles. The molecule has 0 saturated carbocycles. The predicted molar refractivity (Wildman–Crippen MR) is 119 cm³/mol. The number of nitrogens with zero attached hydrogens (tertiary/aromatic N) is 3. The van der Waals surface area contributed by atoms with Crippen molar-refractivity contribution in [3.05, 3.63) is 102 Å². The highest BCUT2D eigenvalue weighted by molar-refractivity contribution is 5.83. The average Bonchev–Trinajstić information content (AvgIpc) is 3.13. The maximum atomic E-state index is 4.98. The van der Waals surface area contributed by atoms with E-state index in [1.807, 2.05) is 42.6 Å². The van der Waals surface area contributed by atoms with Crippen LogP contribution in [0.25, 0.3) is 39.4 Å². The Morgan fingerprint density at radius 1 is 0.690 bits per heavy atom. The van der Waals surface area contributed by atoms with E-state index < -0.39 is 0 Å². The van der Waals surface area contributed by atoms with Crippen LogP contribution in [0, 0.1) is 13.8 Å². The highest BCUT2D eigenvalue weighted by atomic mass is 15.1. The Morgan fingerprint density at radius 3 is 2.03 bits per heavy atom. The molecule has 0 bridgehead atoms. The lowest BCUT2D eigenvalue weighted by Crippen LogP contribution is -2.01. The van der Waals surface area contributed by atoms with Crippen molar-refractivity contribution in [2.24, 2.45) is 0 Å². The molecule has 0 unspecified atom stereocenters. The second-order valence-corrected chi connectivity index (χ2v) is 7.30. The van der Waals surface area contributed by atoms with E-state index in [2.05, 4.69) is 71.9 Å². The summed E-state index contributed by atoms with van der Waals surface area (Å²) in [5.74, 6) is 0.930. The summed E-state index contributed by atoms with van der Waals surface area (Å²) in [5, 5.41) is 0. The third-order valence-corrected chi connectivity index (χ3v) is 5.29. The Morgan fingerprint density at radius 2 is 1.34 bits per heavy atom. The van der Waals surface area contributed by atoms with Gasteiger partial charge < -0.3 is 0 Å². The molecule has 3 aromatic carbocycles. The molecule has 5 rings (SSSR count). The zero-order valence-corrected chi connectivity index (χ0v) is 16.5. The predicted octanol–water partition coefficient (Wildman–Crippen LogP) is 6.37. The minimum absolute atomic E-state index is 0.875. The molecule has 0 N–H and O–H groups in total. The Labute approximate surface area is 170 Å². The van der Waals surface area contributed by atoms with E-state index in [0.717, 1.165) is 28.2 Å². The van der Waals surface area contributed by atoms with E-state index in [9.17, 15) is 0 Å². The number of fused-ring (bicyclic) bond motifs is 1. The van der Waals surface area contributed by atoms with E-state index in [1.54, 1.807) is 0 Å². The van der Waals surface area contributed by atoms with Crippen molar-refractivity contribution in [2.45, 2.75) is 13.8 Å². The van der Waals surface area contributed by atoms with Crippen LogP contribution in [0.3, 0.4) is 0 Å². The minimum Gasteiger partial charge on any atom is -0.277 e. The van der Waals surface area contributed by atoms with Gasteiger partial charge in [0.2, 0.25) is 0 Å². The molecule has 0 fully saturated rings. The standard InChI is InChI=1S/C26H21N3/c1-18-16-21(20-10-5-3-6-11-20)17-19(2)24(18)26-28-23-14-9-15-27-25(23)29(26)22-12-7-4-8-13-22/h3-17H,1-2H3. The van der Waals surface area contributed by atoms with Crippen LogP contribution < -0.4 is 0 Å². The Bertz CT molecular complexity index is 1280. The van der Waals surface area contributed by atoms with Crippen LogP contribution in [0.5, 0.6) is 0 Å². The first kappa shape index (κ1) is 17.4. The van der Waals surface area contributed by atoms with E-state index in [-0.39, 0.29) is 0 Å². The van der Waals surface area contributed by atoms with Gasteiger partial charge in [0.05, 0.1) is 0 Å². The van der Waals surface area contributed by atoms with Crippen LogP contribution >= 0.6 is 0 Å². The molecule has 0 radical (unpaired) electrons. The number of aromatic nitrogens is 3. The normalized spacial score (nSPS) is 11.1. The molecule has 140 valence electrons. The van der Waals surface area contributed by atoms with Crippen molar-refractivity contribution in [3.8, 4) is 28.2 Å². The third kappa shape index (κ3) is 3.01. The van der Waals surface area contributed by atoms with Crippen molar-refractivity contribution in [1.29, 1.82) is 0 Å². The summed E-state index contributed by atoms with van der Waals surface area (Å²) in [6.45, 7) is 4.33. The lowest BCUT2D eigenvalue weighted by atomic mass is 9.95. The van der Waals surface area contributed by atoms with Gasteiger partial charge in [0, 0.05) is 17.4 Å². The topological polar surface area (TPSA) is 30.7 Å². The SMILES string of the molecule is Cc1cc(-c2ccccc2)cc(C)c1-c1nc2cccnc2n1-c1ccccc1. The number of benzene rings is 3. The Hall–Kier alpha value is -3.72. The van der Waals surface area contributed by atoms with Crippen molar-refractivity contribution < 1.29 is 0 Å². The molecule has 5 aromatic rings. The van der Waals surface area contributed by atoms with Crippen molar-refractivity contribution in [1.82, 2.24) is 14.5 Å². The fourth-order valence-electron chi connectivity index (χ4n) is 4.02. The van der Waals surface area contributed by atoms with E-state index in [1.165, 1.54) is 22.3 Å². The van der Waals surface area contributed by atoms with E-state index in [0.29, 0.717) is 0 Å². The summed E-state index contributed by atoms with van der Waals surface area (Å²) in [4.78, 5) is 9.61. The van der Waals surface area contributed by atoms with Crippen LogP contribution in [0.1, 0.15) is 11.1 Å². The van der Waals surface area contributed by atoms with Crippen LogP contribution in [0.2, 0.25) is 0 Å². The lowest BCUT2D eigenvalue weighted by molar-refractivity contribution is 1.07. The molecule has 3 heteroatoms. The van der Waals surface area contributed by atoms with Gasteiger partial charge in [0.15, 0.2) is 5.65 Å². The highest BCUT2D eigenvalue weighted by Crippen LogP contribution is 2.34. The maximum absolute atomic E-state index is 4.98. The zero-order valence-electron chi connectivity index (χ0n) is 16.5. The summed E-state index contributed by atoms with van der Waals surface area (Å²) in [7, 11) is 0. The van der Waals surface area contributed by atoms with Gasteiger partial charge in [0.1, 0.15) is 11.3 Å². The maximum Gasteiger partial charge on any atom is 0.164 e. The summed E-state index contributed by atoms with van der Waals surface area (Å²) < 4.78 is 2.16. The molecule has 0 amide bonds. The monoisotopic (exact) mass is 375 g/mol. The average molecular weight is 375 g/mol. The molecular formula is C26H21N3. The third-order valence-electron chi connectivity index (χ3n) is 5.29. The van der Waals surface area contributed by atoms with Gasteiger partial charge in [-0.3, -0.25) is 4.57 Å². The number of imidazole rings is 1. The second kappa shape index (κ2) is 7.02. The van der Waals surface area contributed by atoms with Crippen molar-refractivity contribution in [2.75, 3.05) is 0 Å². The minimum atomic E-state index is 0.875. The smallest absolute Gasteiger partial charge is 0.164 e. The molecule has 3 nitrogen and oxygen atoms in total. The molecule has 0 aliphatic carbocycles. The van der Waals surface area contributed by atoms with Gasteiger partial charge >= 0.3 is 0 Å². The van der Waals surface area contributed by atoms with Crippen molar-refractivity contribution >= 4 is 11.2 Å². The fourth-order valence-corrected chi connectivity index (χ4v) is 4.02. The first-order chi connectivity index (χ1) is 14.2. The summed E-state index contributed by atoms with van der Waals surface area (Å²) in [6.07, 6.45) is 1.82. The second-order valence-electron chi connectivity index (χ2n) is 7.30. The Kier molecular flexibility index (Phi) is 4.21. The number of pyridine rings is 1. The first-order valence-electron chi connectivity index (χ1n) is 9.78. The highest BCUT2D eigenvalue weighted by Gasteiger charge is 2.19. The number of aryl methyl sites for hydroxylation is 2. The van der Waals surface area contributed by atoms with Crippen LogP contribution in [0.15, 0.2) is 91.1 Å². The van der Waals surface area contributed by atoms with E-state index in [4.69, 9.17) is 4.98 Å². The zero-order chi connectivity index (χ0) is 19.8. The first-order valence-corrected chi connectivity index (χ1v) is 9.78. The molecule has 0 aliphatic heterocycles. The molecule has 0 atom stereocenters. The van der Waals surface area contributed by atoms with Crippen LogP contribution in [-0.4, -0.2) is 14.5 Å². The number of para-hydroxylation sites is 1. The molecule has 29 heavy (non-hydrogen) atoms. The van der Waals surface area contributed by atoms with Gasteiger partial charge in [-0.25, -0.2) is 9.97 Å². The van der Waals surface area contributed by atoms with Gasteiger partial charge in [-0.05, 0) is 60.4 Å². The molecule has 0 aliphatic rings. The number of hydrogen-bond donors (Lipinski definition) is 0. The van der Waals surface area contributed by atoms with Gasteiger partial charge in [-0.15, -0.1) is 0 Å². The summed E-state index contributed by atoms with van der Waals surface area (Å²) in [6, 6.07) is 29.3. The van der Waals surface area contributed by atoms with Crippen molar-refractivity contribution in [3.63, 3.8) is 0 Å². The fraction of sp³-hybridized carbons (Fsp3) is 0.0769. The lowest BCUT2D eigenvalue weighted by Gasteiger charge is -2.15. The number of rotatable bonds is 3. The molecule has 2 heterocycles. The van der Waals surface area contributed by atoms with Gasteiger partial charge in [-0.2, -0.15) is 0 Å². The molecule has 0 spiro atoms. The summed E-state index contributed by atoms with van der Waals surface area (Å²) >= 11 is 0.